The van der Waals surface area contributed by atoms with Crippen molar-refractivity contribution in [3.63, 3.8) is 0 Å². The van der Waals surface area contributed by atoms with E-state index in [1.807, 2.05) is 6.92 Å². The van der Waals surface area contributed by atoms with Gasteiger partial charge in [0.15, 0.2) is 11.1 Å². The molecule has 0 aromatic carbocycles. The van der Waals surface area contributed by atoms with E-state index in [9.17, 15) is 9.00 Å². The Morgan fingerprint density at radius 2 is 2.29 bits per heavy atom. The average molecular weight is 233 g/mol. The van der Waals surface area contributed by atoms with Crippen molar-refractivity contribution < 1.29 is 13.6 Å². The highest BCUT2D eigenvalue weighted by Gasteiger charge is 2.11. The number of thiophene rings is 1. The Hall–Kier alpha value is -0.720. The molecule has 1 aromatic heterocycles. The van der Waals surface area contributed by atoms with Gasteiger partial charge in [0.05, 0.1) is 6.04 Å². The zero-order valence-electron chi connectivity index (χ0n) is 7.81. The van der Waals surface area contributed by atoms with Crippen molar-refractivity contribution in [1.82, 2.24) is 5.32 Å². The Bertz CT molecular complexity index is 361. The van der Waals surface area contributed by atoms with Gasteiger partial charge in [-0.1, -0.05) is 0 Å². The highest BCUT2D eigenvalue weighted by molar-refractivity contribution is 7.81. The molecule has 1 heterocycles. The van der Waals surface area contributed by atoms with Crippen LogP contribution in [0.3, 0.4) is 0 Å². The van der Waals surface area contributed by atoms with E-state index < -0.39 is 11.1 Å². The van der Waals surface area contributed by atoms with Gasteiger partial charge in [-0.05, 0) is 19.1 Å². The van der Waals surface area contributed by atoms with Gasteiger partial charge in [-0.15, -0.1) is 11.3 Å². The predicted molar refractivity (Wildman–Crippen MR) is 55.6 cm³/mol. The number of amides is 1. The second-order valence-corrected chi connectivity index (χ2v) is 5.14. The molecular weight excluding hydrogens is 222 g/mol. The van der Waals surface area contributed by atoms with Crippen molar-refractivity contribution in [2.24, 2.45) is 0 Å². The Balaban J connectivity index is 2.76. The molecule has 0 fully saturated rings. The summed E-state index contributed by atoms with van der Waals surface area (Å²) in [5, 5.41) is 2.70. The molecule has 6 heteroatoms. The molecular formula is C8H11NO3S2. The summed E-state index contributed by atoms with van der Waals surface area (Å²) in [5.74, 6) is -0.113. The van der Waals surface area contributed by atoms with Gasteiger partial charge in [-0.3, -0.25) is 4.79 Å². The topological polar surface area (TPSA) is 66.4 Å². The minimum atomic E-state index is -1.93. The van der Waals surface area contributed by atoms with E-state index in [0.29, 0.717) is 4.21 Å². The Morgan fingerprint density at radius 1 is 1.64 bits per heavy atom. The van der Waals surface area contributed by atoms with Gasteiger partial charge in [0, 0.05) is 11.8 Å². The van der Waals surface area contributed by atoms with Crippen LogP contribution in [-0.4, -0.2) is 14.7 Å². The molecule has 2 atom stereocenters. The summed E-state index contributed by atoms with van der Waals surface area (Å²) in [6.07, 6.45) is 0. The van der Waals surface area contributed by atoms with Gasteiger partial charge in [0.25, 0.3) is 0 Å². The molecule has 2 unspecified atom stereocenters. The van der Waals surface area contributed by atoms with Gasteiger partial charge >= 0.3 is 0 Å². The lowest BCUT2D eigenvalue weighted by Crippen LogP contribution is -2.22. The van der Waals surface area contributed by atoms with Crippen molar-refractivity contribution in [3.8, 4) is 0 Å². The van der Waals surface area contributed by atoms with Gasteiger partial charge < -0.3 is 9.87 Å². The maximum atomic E-state index is 10.8. The van der Waals surface area contributed by atoms with Crippen molar-refractivity contribution >= 4 is 28.3 Å². The van der Waals surface area contributed by atoms with Crippen LogP contribution in [0.25, 0.3) is 0 Å². The van der Waals surface area contributed by atoms with Gasteiger partial charge in [-0.2, -0.15) is 0 Å². The van der Waals surface area contributed by atoms with Crippen LogP contribution in [0.1, 0.15) is 24.8 Å². The van der Waals surface area contributed by atoms with Crippen LogP contribution >= 0.6 is 11.3 Å². The minimum Gasteiger partial charge on any atom is -0.349 e. The molecule has 0 aliphatic heterocycles. The Kier molecular flexibility index (Phi) is 3.79. The van der Waals surface area contributed by atoms with Crippen LogP contribution in [-0.2, 0) is 15.9 Å². The van der Waals surface area contributed by atoms with Crippen LogP contribution in [0.4, 0.5) is 0 Å². The zero-order chi connectivity index (χ0) is 10.7. The van der Waals surface area contributed by atoms with Crippen molar-refractivity contribution in [2.45, 2.75) is 24.1 Å². The molecule has 1 aromatic rings. The Labute approximate surface area is 88.6 Å². The first-order valence-electron chi connectivity index (χ1n) is 3.98. The largest absolute Gasteiger partial charge is 0.349 e. The quantitative estimate of drug-likeness (QED) is 0.778. The molecule has 2 N–H and O–H groups in total. The van der Waals surface area contributed by atoms with E-state index >= 15 is 0 Å². The molecule has 0 spiro atoms. The van der Waals surface area contributed by atoms with Gasteiger partial charge in [0.1, 0.15) is 4.21 Å². The fourth-order valence-electron chi connectivity index (χ4n) is 1.04. The summed E-state index contributed by atoms with van der Waals surface area (Å²) < 4.78 is 19.9. The number of nitrogens with one attached hydrogen (secondary N) is 1. The third kappa shape index (κ3) is 2.90. The number of carbonyl (C=O) groups excluding carboxylic acids is 1. The van der Waals surface area contributed by atoms with Crippen LogP contribution in [0.2, 0.25) is 0 Å². The first-order valence-corrected chi connectivity index (χ1v) is 5.90. The number of carbonyl (C=O) groups is 1. The summed E-state index contributed by atoms with van der Waals surface area (Å²) in [6, 6.07) is 3.22. The SMILES string of the molecule is CC(=O)NC(C)c1ccc(S(=O)O)s1. The standard InChI is InChI=1S/C8H11NO3S2/c1-5(9-6(2)10)7-3-4-8(13-7)14(11)12/h3-5H,1-2H3,(H,9,10)(H,11,12). The molecule has 1 amide bonds. The summed E-state index contributed by atoms with van der Waals surface area (Å²) in [7, 11) is 0. The van der Waals surface area contributed by atoms with Gasteiger partial charge in [0.2, 0.25) is 5.91 Å². The van der Waals surface area contributed by atoms with Crippen LogP contribution < -0.4 is 5.32 Å². The van der Waals surface area contributed by atoms with Crippen LogP contribution in [0, 0.1) is 0 Å². The minimum absolute atomic E-state index is 0.113. The molecule has 1 rings (SSSR count). The second-order valence-electron chi connectivity index (χ2n) is 2.83. The summed E-state index contributed by atoms with van der Waals surface area (Å²) in [6.45, 7) is 3.27. The smallest absolute Gasteiger partial charge is 0.217 e. The molecule has 4 nitrogen and oxygen atoms in total. The first kappa shape index (κ1) is 11.4. The highest BCUT2D eigenvalue weighted by atomic mass is 32.2. The molecule has 14 heavy (non-hydrogen) atoms. The highest BCUT2D eigenvalue weighted by Crippen LogP contribution is 2.24. The number of rotatable bonds is 3. The lowest BCUT2D eigenvalue weighted by atomic mass is 10.3. The first-order chi connectivity index (χ1) is 6.50. The van der Waals surface area contributed by atoms with E-state index in [2.05, 4.69) is 5.32 Å². The monoisotopic (exact) mass is 233 g/mol. The predicted octanol–water partition coefficient (Wildman–Crippen LogP) is 1.53. The van der Waals surface area contributed by atoms with E-state index in [-0.39, 0.29) is 11.9 Å². The van der Waals surface area contributed by atoms with E-state index in [4.69, 9.17) is 4.55 Å². The zero-order valence-corrected chi connectivity index (χ0v) is 9.45. The molecule has 0 aliphatic rings. The Morgan fingerprint density at radius 3 is 2.71 bits per heavy atom. The average Bonchev–Trinajstić information content (AvgIpc) is 2.50. The fourth-order valence-corrected chi connectivity index (χ4v) is 2.54. The molecule has 0 bridgehead atoms. The third-order valence-electron chi connectivity index (χ3n) is 1.62. The normalized spacial score (nSPS) is 14.8. The van der Waals surface area contributed by atoms with E-state index in [0.717, 1.165) is 4.88 Å². The third-order valence-corrected chi connectivity index (χ3v) is 3.84. The lowest BCUT2D eigenvalue weighted by Gasteiger charge is -2.09. The van der Waals surface area contributed by atoms with Crippen molar-refractivity contribution in [1.29, 1.82) is 0 Å². The van der Waals surface area contributed by atoms with Crippen LogP contribution in [0.15, 0.2) is 16.3 Å². The number of hydrogen-bond acceptors (Lipinski definition) is 3. The van der Waals surface area contributed by atoms with Crippen LogP contribution in [0.5, 0.6) is 0 Å². The molecule has 0 saturated heterocycles. The van der Waals surface area contributed by atoms with Gasteiger partial charge in [-0.25, -0.2) is 4.21 Å². The summed E-state index contributed by atoms with van der Waals surface area (Å²) in [5.41, 5.74) is 0. The lowest BCUT2D eigenvalue weighted by molar-refractivity contribution is -0.119. The maximum absolute atomic E-state index is 10.8. The summed E-state index contributed by atoms with van der Waals surface area (Å²) in [4.78, 5) is 11.6. The van der Waals surface area contributed by atoms with E-state index in [1.165, 1.54) is 18.3 Å². The molecule has 0 saturated carbocycles. The molecule has 0 radical (unpaired) electrons. The number of hydrogen-bond donors (Lipinski definition) is 2. The van der Waals surface area contributed by atoms with Crippen molar-refractivity contribution in [3.05, 3.63) is 17.0 Å². The summed E-state index contributed by atoms with van der Waals surface area (Å²) >= 11 is -0.705. The second kappa shape index (κ2) is 4.68. The fraction of sp³-hybridized carbons (Fsp3) is 0.375. The maximum Gasteiger partial charge on any atom is 0.217 e. The van der Waals surface area contributed by atoms with E-state index in [1.54, 1.807) is 12.1 Å². The molecule has 78 valence electrons. The van der Waals surface area contributed by atoms with Crippen molar-refractivity contribution in [2.75, 3.05) is 0 Å². The molecule has 0 aliphatic carbocycles.